The average Bonchev–Trinajstić information content (AvgIpc) is 2.09. The van der Waals surface area contributed by atoms with Gasteiger partial charge in [0.15, 0.2) is 0 Å². The highest BCUT2D eigenvalue weighted by Crippen LogP contribution is 2.26. The van der Waals surface area contributed by atoms with E-state index in [1.54, 1.807) is 0 Å². The van der Waals surface area contributed by atoms with Gasteiger partial charge in [-0.05, 0) is 0 Å². The van der Waals surface area contributed by atoms with Crippen LogP contribution < -0.4 is 0 Å². The maximum absolute atomic E-state index is 9.33. The topological polar surface area (TPSA) is 64.0 Å². The average molecular weight is 194 g/mol. The van der Waals surface area contributed by atoms with Gasteiger partial charge in [0.25, 0.3) is 0 Å². The Balaban J connectivity index is 0.000000217. The van der Waals surface area contributed by atoms with Crippen LogP contribution in [0.3, 0.4) is 0 Å². The molecule has 1 heterocycles. The summed E-state index contributed by atoms with van der Waals surface area (Å²) < 4.78 is 9.33. The van der Waals surface area contributed by atoms with Crippen LogP contribution in [0.15, 0.2) is 12.4 Å². The predicted octanol–water partition coefficient (Wildman–Crippen LogP) is 0.0862. The van der Waals surface area contributed by atoms with Crippen LogP contribution in [-0.4, -0.2) is 47.0 Å². The number of hydrogen-bond donors (Lipinski definition) is 2. The van der Waals surface area contributed by atoms with Crippen LogP contribution in [0, 0.1) is 0 Å². The van der Waals surface area contributed by atoms with E-state index in [4.69, 9.17) is 9.79 Å². The molecule has 0 aromatic rings. The summed E-state index contributed by atoms with van der Waals surface area (Å²) >= 11 is 0. The normalized spacial score (nSPS) is 16.1. The van der Waals surface area contributed by atoms with Gasteiger partial charge in [0, 0.05) is 33.2 Å². The fourth-order valence-electron chi connectivity index (χ4n) is 0.674. The molecule has 6 heteroatoms. The van der Waals surface area contributed by atoms with Crippen LogP contribution in [0.2, 0.25) is 0 Å². The Morgan fingerprint density at radius 3 is 1.58 bits per heavy atom. The summed E-state index contributed by atoms with van der Waals surface area (Å²) in [6.07, 6.45) is 4.11. The highest BCUT2D eigenvalue weighted by atomic mass is 31.2. The first-order chi connectivity index (χ1) is 5.29. The molecule has 0 saturated heterocycles. The summed E-state index contributed by atoms with van der Waals surface area (Å²) in [4.78, 5) is 19.5. The van der Waals surface area contributed by atoms with Gasteiger partial charge in [-0.25, -0.2) is 0 Å². The molecule has 0 amide bonds. The van der Waals surface area contributed by atoms with Crippen LogP contribution in [-0.2, 0) is 4.57 Å². The zero-order chi connectivity index (χ0) is 9.78. The molecule has 72 valence electrons. The van der Waals surface area contributed by atoms with E-state index in [0.717, 1.165) is 13.3 Å². The molecule has 0 fully saturated rings. The minimum Gasteiger partial charge on any atom is -0.362 e. The number of rotatable bonds is 0. The van der Waals surface area contributed by atoms with Crippen LogP contribution in [0.1, 0.15) is 0 Å². The lowest BCUT2D eigenvalue weighted by Crippen LogP contribution is -2.17. The summed E-state index contributed by atoms with van der Waals surface area (Å²) in [7, 11) is 0.472. The molecule has 0 radical (unpaired) electrons. The third kappa shape index (κ3) is 9.49. The Kier molecular flexibility index (Phi) is 4.31. The molecule has 1 rings (SSSR count). The largest absolute Gasteiger partial charge is 0.362 e. The lowest BCUT2D eigenvalue weighted by Gasteiger charge is -2.10. The summed E-state index contributed by atoms with van der Waals surface area (Å²) in [5.41, 5.74) is 0. The lowest BCUT2D eigenvalue weighted by molar-refractivity contribution is 0.340. The standard InChI is InChI=1S/C5H10N2.CH5O3P/c1-6-3-4-7(2)5-6;1-5(2,3)4/h3-4H,5H2,1-2H3;1H3,(H2,2,3,4). The Bertz CT molecular complexity index is 183. The third-order valence-electron chi connectivity index (χ3n) is 1.02. The maximum atomic E-state index is 9.33. The minimum atomic E-state index is -3.64. The summed E-state index contributed by atoms with van der Waals surface area (Å²) in [5, 5.41) is 0. The first-order valence-corrected chi connectivity index (χ1v) is 5.47. The van der Waals surface area contributed by atoms with Crippen LogP contribution in [0.4, 0.5) is 0 Å². The van der Waals surface area contributed by atoms with E-state index < -0.39 is 7.60 Å². The Morgan fingerprint density at radius 1 is 1.25 bits per heavy atom. The first kappa shape index (κ1) is 11.5. The molecule has 0 aromatic heterocycles. The SMILES string of the molecule is CN1C=CN(C)C1.CP(=O)(O)O. The number of hydrogen-bond acceptors (Lipinski definition) is 3. The fourth-order valence-corrected chi connectivity index (χ4v) is 0.674. The van der Waals surface area contributed by atoms with Crippen molar-refractivity contribution in [1.82, 2.24) is 9.80 Å². The highest BCUT2D eigenvalue weighted by Gasteiger charge is 1.99. The molecule has 5 nitrogen and oxygen atoms in total. The van der Waals surface area contributed by atoms with Crippen LogP contribution in [0.5, 0.6) is 0 Å². The van der Waals surface area contributed by atoms with Crippen molar-refractivity contribution in [1.29, 1.82) is 0 Å². The van der Waals surface area contributed by atoms with Crippen molar-refractivity contribution in [3.63, 3.8) is 0 Å². The smallest absolute Gasteiger partial charge is 0.322 e. The monoisotopic (exact) mass is 194 g/mol. The minimum absolute atomic E-state index is 0.854. The molecule has 0 saturated carbocycles. The number of nitrogens with zero attached hydrogens (tertiary/aromatic N) is 2. The molecule has 0 bridgehead atoms. The molecular weight excluding hydrogens is 179 g/mol. The zero-order valence-electron chi connectivity index (χ0n) is 7.51. The van der Waals surface area contributed by atoms with Gasteiger partial charge in [0.1, 0.15) is 0 Å². The van der Waals surface area contributed by atoms with Crippen molar-refractivity contribution in [2.45, 2.75) is 0 Å². The van der Waals surface area contributed by atoms with Gasteiger partial charge in [-0.2, -0.15) is 0 Å². The fraction of sp³-hybridized carbons (Fsp3) is 0.667. The van der Waals surface area contributed by atoms with Crippen molar-refractivity contribution in [2.75, 3.05) is 27.4 Å². The van der Waals surface area contributed by atoms with Gasteiger partial charge in [-0.3, -0.25) is 4.57 Å². The lowest BCUT2D eigenvalue weighted by atomic mass is 10.9. The quantitative estimate of drug-likeness (QED) is 0.535. The second kappa shape index (κ2) is 4.50. The molecule has 1 aliphatic rings. The summed E-state index contributed by atoms with van der Waals surface area (Å²) in [6, 6.07) is 0. The third-order valence-corrected chi connectivity index (χ3v) is 1.02. The van der Waals surface area contributed by atoms with Crippen molar-refractivity contribution in [3.05, 3.63) is 12.4 Å². The van der Waals surface area contributed by atoms with Crippen molar-refractivity contribution in [2.24, 2.45) is 0 Å². The molecule has 1 aliphatic heterocycles. The van der Waals surface area contributed by atoms with Gasteiger partial charge in [0.05, 0.1) is 6.67 Å². The summed E-state index contributed by atoms with van der Waals surface area (Å²) in [6.45, 7) is 1.88. The maximum Gasteiger partial charge on any atom is 0.322 e. The van der Waals surface area contributed by atoms with Gasteiger partial charge < -0.3 is 19.6 Å². The van der Waals surface area contributed by atoms with Crippen molar-refractivity contribution in [3.8, 4) is 0 Å². The Labute approximate surface area is 72.4 Å². The van der Waals surface area contributed by atoms with Crippen LogP contribution in [0.25, 0.3) is 0 Å². The molecule has 0 atom stereocenters. The van der Waals surface area contributed by atoms with E-state index in [0.29, 0.717) is 0 Å². The molecule has 0 spiro atoms. The van der Waals surface area contributed by atoms with E-state index in [1.165, 1.54) is 0 Å². The predicted molar refractivity (Wildman–Crippen MR) is 47.5 cm³/mol. The first-order valence-electron chi connectivity index (χ1n) is 3.41. The molecule has 0 aromatic carbocycles. The molecule has 12 heavy (non-hydrogen) atoms. The van der Waals surface area contributed by atoms with E-state index >= 15 is 0 Å². The van der Waals surface area contributed by atoms with Crippen molar-refractivity contribution >= 4 is 7.60 Å². The molecule has 0 aliphatic carbocycles. The second-order valence-electron chi connectivity index (χ2n) is 2.79. The van der Waals surface area contributed by atoms with E-state index in [9.17, 15) is 4.57 Å². The molecule has 0 unspecified atom stereocenters. The van der Waals surface area contributed by atoms with E-state index in [2.05, 4.69) is 36.3 Å². The van der Waals surface area contributed by atoms with E-state index in [-0.39, 0.29) is 0 Å². The van der Waals surface area contributed by atoms with Gasteiger partial charge in [-0.15, -0.1) is 0 Å². The second-order valence-corrected chi connectivity index (χ2v) is 4.46. The van der Waals surface area contributed by atoms with Crippen LogP contribution >= 0.6 is 7.60 Å². The summed E-state index contributed by atoms with van der Waals surface area (Å²) in [5.74, 6) is 0. The Morgan fingerprint density at radius 2 is 1.50 bits per heavy atom. The Hall–Kier alpha value is -0.510. The van der Waals surface area contributed by atoms with E-state index in [1.807, 2.05) is 0 Å². The molecular formula is C6H15N2O3P. The van der Waals surface area contributed by atoms with Gasteiger partial charge in [-0.1, -0.05) is 0 Å². The van der Waals surface area contributed by atoms with Gasteiger partial charge in [0.2, 0.25) is 0 Å². The highest BCUT2D eigenvalue weighted by molar-refractivity contribution is 7.50. The zero-order valence-corrected chi connectivity index (χ0v) is 8.40. The van der Waals surface area contributed by atoms with Gasteiger partial charge >= 0.3 is 7.60 Å². The molecule has 2 N–H and O–H groups in total. The van der Waals surface area contributed by atoms with Crippen molar-refractivity contribution < 1.29 is 14.4 Å².